The van der Waals surface area contributed by atoms with Gasteiger partial charge in [-0.05, 0) is 18.2 Å². The molecule has 0 saturated carbocycles. The molecule has 0 aromatic heterocycles. The first-order valence-corrected chi connectivity index (χ1v) is 5.32. The maximum atomic E-state index is 11.5. The number of halogens is 2. The van der Waals surface area contributed by atoms with Gasteiger partial charge in [0.05, 0.1) is 0 Å². The summed E-state index contributed by atoms with van der Waals surface area (Å²) in [6, 6.07) is 9.05. The highest BCUT2D eigenvalue weighted by Gasteiger charge is 2.07. The number of hydrogen-bond acceptors (Lipinski definition) is 0. The smallest absolute Gasteiger partial charge is 0.187 e. The number of benzene rings is 2. The van der Waals surface area contributed by atoms with Crippen LogP contribution >= 0.6 is 31.9 Å². The predicted octanol–water partition coefficient (Wildman–Crippen LogP) is 4.51. The van der Waals surface area contributed by atoms with Crippen molar-refractivity contribution in [3.05, 3.63) is 39.3 Å². The minimum atomic E-state index is 0.0469. The van der Waals surface area contributed by atoms with Crippen molar-refractivity contribution in [2.24, 2.45) is 0 Å². The van der Waals surface area contributed by atoms with Crippen molar-refractivity contribution in [1.82, 2.24) is 0 Å². The van der Waals surface area contributed by atoms with Gasteiger partial charge in [-0.15, -0.1) is 0 Å². The zero-order chi connectivity index (χ0) is 9.42. The summed E-state index contributed by atoms with van der Waals surface area (Å²) in [6.07, 6.45) is 0. The summed E-state index contributed by atoms with van der Waals surface area (Å²) in [4.78, 5) is 0. The lowest BCUT2D eigenvalue weighted by Crippen LogP contribution is -1.76. The summed E-state index contributed by atoms with van der Waals surface area (Å²) in [7, 11) is 0. The van der Waals surface area contributed by atoms with Crippen LogP contribution in [0.4, 0.5) is 0 Å². The van der Waals surface area contributed by atoms with Crippen LogP contribution in [0.15, 0.2) is 39.3 Å². The van der Waals surface area contributed by atoms with E-state index in [1.165, 1.54) is 0 Å². The third-order valence-corrected chi connectivity index (χ3v) is 3.25. The highest BCUT2D eigenvalue weighted by Crippen LogP contribution is 2.35. The quantitative estimate of drug-likeness (QED) is 0.682. The Kier molecular flexibility index (Phi) is 2.30. The largest absolute Gasteiger partial charge is 0.289 e. The first-order valence-electron chi connectivity index (χ1n) is 3.74. The summed E-state index contributed by atoms with van der Waals surface area (Å²) in [6.45, 7) is 0. The first-order chi connectivity index (χ1) is 6.20. The minimum Gasteiger partial charge on any atom is -0.289 e. The summed E-state index contributed by atoms with van der Waals surface area (Å²) in [5.74, 6) is 0.0469. The third-order valence-electron chi connectivity index (χ3n) is 1.90. The Hall–Kier alpha value is -0.540. The zero-order valence-electron chi connectivity index (χ0n) is 6.55. The monoisotopic (exact) mass is 299 g/mol. The first kappa shape index (κ1) is 9.03. The molecule has 13 heavy (non-hydrogen) atoms. The Morgan fingerprint density at radius 3 is 2.38 bits per heavy atom. The summed E-state index contributed by atoms with van der Waals surface area (Å²) >= 11 is 6.77. The van der Waals surface area contributed by atoms with E-state index < -0.39 is 0 Å². The van der Waals surface area contributed by atoms with Crippen molar-refractivity contribution in [1.29, 1.82) is 0 Å². The van der Waals surface area contributed by atoms with E-state index in [-0.39, 0.29) is 5.75 Å². The van der Waals surface area contributed by atoms with Crippen LogP contribution in [0.5, 0.6) is 5.75 Å². The van der Waals surface area contributed by atoms with E-state index in [1.54, 1.807) is 12.1 Å². The Balaban J connectivity index is 3.00. The van der Waals surface area contributed by atoms with Gasteiger partial charge < -0.3 is 0 Å². The Bertz CT molecular complexity index is 457. The fraction of sp³-hybridized carbons (Fsp3) is 0. The molecule has 0 unspecified atom stereocenters. The Morgan fingerprint density at radius 2 is 1.69 bits per heavy atom. The average Bonchev–Trinajstić information content (AvgIpc) is 2.12. The van der Waals surface area contributed by atoms with Crippen molar-refractivity contribution in [2.75, 3.05) is 0 Å². The van der Waals surface area contributed by atoms with Crippen LogP contribution in [0.1, 0.15) is 0 Å². The zero-order valence-corrected chi connectivity index (χ0v) is 9.72. The van der Waals surface area contributed by atoms with Gasteiger partial charge in [0.2, 0.25) is 0 Å². The van der Waals surface area contributed by atoms with Crippen molar-refractivity contribution >= 4 is 42.6 Å². The molecule has 2 aromatic rings. The van der Waals surface area contributed by atoms with E-state index in [0.29, 0.717) is 0 Å². The van der Waals surface area contributed by atoms with Crippen LogP contribution in [0.25, 0.3) is 10.8 Å². The van der Waals surface area contributed by atoms with Gasteiger partial charge >= 0.3 is 0 Å². The predicted molar refractivity (Wildman–Crippen MR) is 59.5 cm³/mol. The fourth-order valence-electron chi connectivity index (χ4n) is 1.30. The second-order valence-corrected chi connectivity index (χ2v) is 4.42. The van der Waals surface area contributed by atoms with Gasteiger partial charge in [0.15, 0.2) is 5.75 Å². The van der Waals surface area contributed by atoms with E-state index in [1.807, 2.05) is 18.2 Å². The molecular formula is C10H5Br2O. The summed E-state index contributed by atoms with van der Waals surface area (Å²) in [5, 5.41) is 13.2. The van der Waals surface area contributed by atoms with Crippen LogP contribution in [-0.2, 0) is 5.11 Å². The molecule has 0 spiro atoms. The number of hydrogen-bond donors (Lipinski definition) is 0. The highest BCUT2D eigenvalue weighted by molar-refractivity contribution is 9.11. The van der Waals surface area contributed by atoms with Gasteiger partial charge in [-0.2, -0.15) is 0 Å². The minimum absolute atomic E-state index is 0.0469. The van der Waals surface area contributed by atoms with Crippen molar-refractivity contribution in [3.8, 4) is 5.75 Å². The lowest BCUT2D eigenvalue weighted by atomic mass is 10.1. The normalized spacial score (nSPS) is 10.6. The molecule has 0 aliphatic heterocycles. The Labute approximate surface area is 92.6 Å². The Morgan fingerprint density at radius 1 is 0.923 bits per heavy atom. The molecule has 2 rings (SSSR count). The molecule has 0 N–H and O–H groups in total. The van der Waals surface area contributed by atoms with E-state index in [2.05, 4.69) is 31.9 Å². The van der Waals surface area contributed by atoms with Crippen LogP contribution in [0.2, 0.25) is 0 Å². The van der Waals surface area contributed by atoms with Crippen LogP contribution in [0, 0.1) is 0 Å². The molecule has 0 heterocycles. The molecule has 65 valence electrons. The molecule has 0 atom stereocenters. The molecule has 3 heteroatoms. The maximum absolute atomic E-state index is 11.5. The molecule has 0 aliphatic carbocycles. The van der Waals surface area contributed by atoms with Crippen molar-refractivity contribution in [2.45, 2.75) is 0 Å². The second kappa shape index (κ2) is 3.31. The van der Waals surface area contributed by atoms with Gasteiger partial charge in [-0.1, -0.05) is 44.0 Å². The maximum Gasteiger partial charge on any atom is 0.187 e. The topological polar surface area (TPSA) is 19.9 Å². The molecule has 2 aromatic carbocycles. The van der Waals surface area contributed by atoms with Gasteiger partial charge in [-0.25, -0.2) is 0 Å². The van der Waals surface area contributed by atoms with E-state index in [4.69, 9.17) is 0 Å². The summed E-state index contributed by atoms with van der Waals surface area (Å²) in [5.41, 5.74) is 0. The lowest BCUT2D eigenvalue weighted by Gasteiger charge is -2.02. The highest BCUT2D eigenvalue weighted by atomic mass is 79.9. The van der Waals surface area contributed by atoms with Crippen molar-refractivity contribution in [3.63, 3.8) is 0 Å². The van der Waals surface area contributed by atoms with Gasteiger partial charge in [0, 0.05) is 19.7 Å². The van der Waals surface area contributed by atoms with E-state index in [0.717, 1.165) is 19.7 Å². The molecule has 1 radical (unpaired) electrons. The molecule has 0 amide bonds. The lowest BCUT2D eigenvalue weighted by molar-refractivity contribution is 0.360. The van der Waals surface area contributed by atoms with Crippen LogP contribution < -0.4 is 0 Å². The molecular weight excluding hydrogens is 296 g/mol. The van der Waals surface area contributed by atoms with E-state index in [9.17, 15) is 5.11 Å². The van der Waals surface area contributed by atoms with Crippen LogP contribution in [-0.4, -0.2) is 0 Å². The molecule has 0 fully saturated rings. The van der Waals surface area contributed by atoms with Gasteiger partial charge in [0.25, 0.3) is 0 Å². The van der Waals surface area contributed by atoms with Crippen molar-refractivity contribution < 1.29 is 5.11 Å². The number of rotatable bonds is 0. The van der Waals surface area contributed by atoms with E-state index >= 15 is 0 Å². The number of fused-ring (bicyclic) bond motifs is 1. The molecule has 1 nitrogen and oxygen atoms in total. The molecule has 0 bridgehead atoms. The third kappa shape index (κ3) is 1.46. The average molecular weight is 301 g/mol. The molecule has 0 saturated heterocycles. The fourth-order valence-corrected chi connectivity index (χ4v) is 2.32. The molecule has 0 aliphatic rings. The second-order valence-electron chi connectivity index (χ2n) is 2.71. The SMILES string of the molecule is [O]c1ccc(Br)c2cccc(Br)c12. The van der Waals surface area contributed by atoms with Crippen LogP contribution in [0.3, 0.4) is 0 Å². The standard InChI is InChI=1S/C10H5Br2O/c11-7-4-5-9(13)10-6(7)2-1-3-8(10)12/h1-5H. The van der Waals surface area contributed by atoms with Gasteiger partial charge in [-0.3, -0.25) is 5.11 Å². The van der Waals surface area contributed by atoms with Gasteiger partial charge in [0.1, 0.15) is 0 Å². The summed E-state index contributed by atoms with van der Waals surface area (Å²) < 4.78 is 1.79.